The molecule has 2 saturated heterocycles. The van der Waals surface area contributed by atoms with Crippen molar-refractivity contribution in [1.29, 1.82) is 0 Å². The number of rotatable bonds is 17. The zero-order chi connectivity index (χ0) is 42.5. The highest BCUT2D eigenvalue weighted by molar-refractivity contribution is 5.95. The number of amides is 2. The molecule has 326 valence electrons. The Morgan fingerprint density at radius 3 is 2.37 bits per heavy atom. The number of esters is 1. The summed E-state index contributed by atoms with van der Waals surface area (Å²) in [4.78, 5) is 40.6. The molecule has 5 aliphatic rings. The highest BCUT2D eigenvalue weighted by Gasteiger charge is 2.56. The number of hydrogen-bond acceptors (Lipinski definition) is 8. The fourth-order valence-electron chi connectivity index (χ4n) is 10.4. The summed E-state index contributed by atoms with van der Waals surface area (Å²) in [5, 5.41) is 14.8. The number of benzene rings is 2. The van der Waals surface area contributed by atoms with Gasteiger partial charge in [-0.3, -0.25) is 9.59 Å². The summed E-state index contributed by atoms with van der Waals surface area (Å²) in [5.41, 5.74) is 4.91. The van der Waals surface area contributed by atoms with E-state index in [1.807, 2.05) is 24.3 Å². The van der Waals surface area contributed by atoms with Gasteiger partial charge in [-0.25, -0.2) is 4.79 Å². The largest absolute Gasteiger partial charge is 0.456 e. The quantitative estimate of drug-likeness (QED) is 0.0818. The number of unbranched alkanes of at least 4 members (excludes halogenated alkanes) is 4. The molecule has 0 spiro atoms. The van der Waals surface area contributed by atoms with E-state index in [4.69, 9.17) is 24.1 Å². The van der Waals surface area contributed by atoms with Crippen LogP contribution in [-0.4, -0.2) is 71.8 Å². The van der Waals surface area contributed by atoms with Gasteiger partial charge in [0.2, 0.25) is 5.91 Å². The Labute approximate surface area is 357 Å². The minimum atomic E-state index is -0.816. The number of ether oxygens (including phenoxy) is 4. The van der Waals surface area contributed by atoms with Crippen molar-refractivity contribution in [2.24, 2.45) is 17.3 Å². The summed E-state index contributed by atoms with van der Waals surface area (Å²) < 4.78 is 26.3. The minimum absolute atomic E-state index is 0.0224. The van der Waals surface area contributed by atoms with Gasteiger partial charge in [-0.15, -0.1) is 0 Å². The van der Waals surface area contributed by atoms with E-state index < -0.39 is 30.1 Å². The molecular formula is C50H68N2O8. The van der Waals surface area contributed by atoms with E-state index in [0.29, 0.717) is 40.1 Å². The molecule has 7 atom stereocenters. The number of carbonyl (C=O) groups excluding carboxylic acids is 3. The number of hydrogen-bond donors (Lipinski definition) is 3. The molecule has 0 bridgehead atoms. The van der Waals surface area contributed by atoms with Crippen molar-refractivity contribution in [3.8, 4) is 0 Å². The first-order valence-electron chi connectivity index (χ1n) is 22.9. The SMILES string of the molecule is CCCCCC1(CCCCC)O[C@@H]2[C@@H](C=C(C(=O)NCc3cccc(C(=O)NCCO)c3)C[C@H]2OC(=O)c2cccc(C=C3CCC4O[C@]4(C)CC[C@@H]4[C@@H]3CC4(C)C)c2)O1. The monoisotopic (exact) mass is 824 g/mol. The van der Waals surface area contributed by atoms with Crippen molar-refractivity contribution in [3.63, 3.8) is 0 Å². The van der Waals surface area contributed by atoms with Crippen LogP contribution in [0.2, 0.25) is 0 Å². The van der Waals surface area contributed by atoms with Crippen molar-refractivity contribution >= 4 is 23.9 Å². The van der Waals surface area contributed by atoms with Gasteiger partial charge < -0.3 is 34.7 Å². The van der Waals surface area contributed by atoms with Gasteiger partial charge in [0.25, 0.3) is 5.91 Å². The van der Waals surface area contributed by atoms with Crippen molar-refractivity contribution in [1.82, 2.24) is 10.6 Å². The van der Waals surface area contributed by atoms with E-state index >= 15 is 0 Å². The average Bonchev–Trinajstić information content (AvgIpc) is 3.72. The Morgan fingerprint density at radius 1 is 0.883 bits per heavy atom. The lowest BCUT2D eigenvalue weighted by molar-refractivity contribution is -0.190. The Hall–Kier alpha value is -3.83. The Bertz CT molecular complexity index is 1910. The van der Waals surface area contributed by atoms with Gasteiger partial charge in [0.1, 0.15) is 18.3 Å². The van der Waals surface area contributed by atoms with E-state index in [1.54, 1.807) is 24.3 Å². The maximum Gasteiger partial charge on any atom is 0.338 e. The third-order valence-electron chi connectivity index (χ3n) is 14.0. The molecular weight excluding hydrogens is 757 g/mol. The standard InChI is InChI=1S/C50H68N2O8/c1-6-8-10-21-50(22-11-9-7-2)58-42-30-38(46(55)52-32-34-15-13-16-36(28-34)45(54)51-24-25-53)29-41(44(42)60-50)57-47(56)37-17-12-14-33(27-37)26-35-18-19-43-49(5,59-43)23-20-40-39(35)31-48(40,3)4/h12-17,26-28,30,39-44,53H,6-11,18-25,29,31-32H2,1-5H3,(H,51,54)(H,52,55)/t39-,40-,41-,42-,43?,44+,49-/m1/s1. The van der Waals surface area contributed by atoms with Crippen LogP contribution >= 0.6 is 0 Å². The zero-order valence-electron chi connectivity index (χ0n) is 36.6. The predicted molar refractivity (Wildman–Crippen MR) is 232 cm³/mol. The third kappa shape index (κ3) is 10.3. The minimum Gasteiger partial charge on any atom is -0.456 e. The Morgan fingerprint density at radius 2 is 1.63 bits per heavy atom. The number of aliphatic hydroxyl groups is 1. The lowest BCUT2D eigenvalue weighted by Gasteiger charge is -2.53. The molecule has 2 aliphatic heterocycles. The van der Waals surface area contributed by atoms with Crippen LogP contribution in [0.1, 0.15) is 156 Å². The number of epoxide rings is 1. The van der Waals surface area contributed by atoms with Crippen molar-refractivity contribution in [2.75, 3.05) is 13.2 Å². The number of allylic oxidation sites excluding steroid dienone is 1. The van der Waals surface area contributed by atoms with E-state index in [9.17, 15) is 14.4 Å². The molecule has 2 heterocycles. The van der Waals surface area contributed by atoms with E-state index in [1.165, 1.54) is 18.4 Å². The van der Waals surface area contributed by atoms with Crippen LogP contribution in [0.25, 0.3) is 6.08 Å². The number of aliphatic hydroxyl groups excluding tert-OH is 1. The van der Waals surface area contributed by atoms with Crippen LogP contribution in [0.15, 0.2) is 65.8 Å². The predicted octanol–water partition coefficient (Wildman–Crippen LogP) is 9.00. The summed E-state index contributed by atoms with van der Waals surface area (Å²) in [6.45, 7) is 11.6. The van der Waals surface area contributed by atoms with Crippen molar-refractivity contribution < 1.29 is 38.4 Å². The first kappa shape index (κ1) is 44.2. The highest BCUT2D eigenvalue weighted by atomic mass is 16.8. The van der Waals surface area contributed by atoms with Gasteiger partial charge in [0.05, 0.1) is 23.9 Å². The normalized spacial score (nSPS) is 29.3. The average molecular weight is 825 g/mol. The lowest BCUT2D eigenvalue weighted by atomic mass is 9.52. The number of carbonyl (C=O) groups is 3. The zero-order valence-corrected chi connectivity index (χ0v) is 36.6. The maximum atomic E-state index is 14.2. The molecule has 2 aromatic rings. The Kier molecular flexibility index (Phi) is 14.0. The molecule has 3 N–H and O–H groups in total. The van der Waals surface area contributed by atoms with Gasteiger partial charge >= 0.3 is 5.97 Å². The van der Waals surface area contributed by atoms with Gasteiger partial charge in [0, 0.05) is 43.5 Å². The summed E-state index contributed by atoms with van der Waals surface area (Å²) in [5.74, 6) is -0.688. The van der Waals surface area contributed by atoms with Crippen LogP contribution < -0.4 is 10.6 Å². The molecule has 10 heteroatoms. The summed E-state index contributed by atoms with van der Waals surface area (Å²) in [6, 6.07) is 14.8. The smallest absolute Gasteiger partial charge is 0.338 e. The van der Waals surface area contributed by atoms with Gasteiger partial charge in [-0.1, -0.05) is 89.3 Å². The molecule has 0 radical (unpaired) electrons. The maximum absolute atomic E-state index is 14.2. The highest BCUT2D eigenvalue weighted by Crippen LogP contribution is 2.60. The number of fused-ring (bicyclic) bond motifs is 3. The van der Waals surface area contributed by atoms with Crippen LogP contribution in [0, 0.1) is 17.3 Å². The Balaban J connectivity index is 1.09. The third-order valence-corrected chi connectivity index (χ3v) is 14.0. The molecule has 2 aromatic carbocycles. The molecule has 4 fully saturated rings. The molecule has 0 aromatic heterocycles. The molecule has 1 unspecified atom stereocenters. The van der Waals surface area contributed by atoms with E-state index in [-0.39, 0.29) is 43.5 Å². The van der Waals surface area contributed by atoms with Crippen LogP contribution in [0.3, 0.4) is 0 Å². The molecule has 10 nitrogen and oxygen atoms in total. The van der Waals surface area contributed by atoms with Crippen LogP contribution in [0.4, 0.5) is 0 Å². The fraction of sp³-hybridized carbons (Fsp3) is 0.620. The van der Waals surface area contributed by atoms with Gasteiger partial charge in [-0.05, 0) is 111 Å². The second kappa shape index (κ2) is 19.1. The van der Waals surface area contributed by atoms with Gasteiger partial charge in [0.15, 0.2) is 5.79 Å². The van der Waals surface area contributed by atoms with Crippen LogP contribution in [0.5, 0.6) is 0 Å². The first-order chi connectivity index (χ1) is 28.9. The van der Waals surface area contributed by atoms with Crippen molar-refractivity contribution in [2.45, 2.75) is 167 Å². The molecule has 7 rings (SSSR count). The van der Waals surface area contributed by atoms with E-state index in [0.717, 1.165) is 81.8 Å². The summed E-state index contributed by atoms with van der Waals surface area (Å²) in [7, 11) is 0. The lowest BCUT2D eigenvalue weighted by Crippen LogP contribution is -2.45. The fourth-order valence-corrected chi connectivity index (χ4v) is 10.4. The molecule has 2 amide bonds. The topological polar surface area (TPSA) is 136 Å². The van der Waals surface area contributed by atoms with Crippen molar-refractivity contribution in [3.05, 3.63) is 88.0 Å². The summed E-state index contributed by atoms with van der Waals surface area (Å²) >= 11 is 0. The first-order valence-corrected chi connectivity index (χ1v) is 22.9. The second-order valence-electron chi connectivity index (χ2n) is 18.9. The van der Waals surface area contributed by atoms with Gasteiger partial charge in [-0.2, -0.15) is 0 Å². The molecule has 3 aliphatic carbocycles. The number of nitrogens with one attached hydrogen (secondary N) is 2. The summed E-state index contributed by atoms with van der Waals surface area (Å²) in [6.07, 6.45) is 15.9. The van der Waals surface area contributed by atoms with Crippen LogP contribution in [-0.2, 0) is 30.3 Å². The molecule has 60 heavy (non-hydrogen) atoms. The molecule has 2 saturated carbocycles. The van der Waals surface area contributed by atoms with E-state index in [2.05, 4.69) is 57.4 Å². The second-order valence-corrected chi connectivity index (χ2v) is 18.9.